The van der Waals surface area contributed by atoms with Gasteiger partial charge in [-0.15, -0.1) is 11.3 Å². The molecule has 2 heterocycles. The first kappa shape index (κ1) is 32.4. The highest BCUT2D eigenvalue weighted by atomic mass is 32.1. The van der Waals surface area contributed by atoms with E-state index < -0.39 is 0 Å². The standard InChI is InChI=1S/C51H38N2S/c1-4-32(2)51(52-44(35-18-9-6-10-19-35)28-33(3)36-20-13-21-37(29-36)34-16-7-5-8-17-34)53-45-25-14-23-39-41-30-43-38-22-11-12-27-47(38)54-48(43)31-42(41)40-24-15-26-46(53)50(40)49(39)45/h5-31H,4H2,1-3H3/b33-28+,51-32+,52-44+. The second-order valence-electron chi connectivity index (χ2n) is 14.3. The van der Waals surface area contributed by atoms with Crippen molar-refractivity contribution in [2.75, 3.05) is 0 Å². The molecule has 0 spiro atoms. The lowest BCUT2D eigenvalue weighted by Crippen LogP contribution is -2.04. The zero-order chi connectivity index (χ0) is 36.3. The van der Waals surface area contributed by atoms with Crippen molar-refractivity contribution in [3.63, 3.8) is 0 Å². The van der Waals surface area contributed by atoms with E-state index in [1.54, 1.807) is 0 Å². The lowest BCUT2D eigenvalue weighted by Gasteiger charge is -2.15. The van der Waals surface area contributed by atoms with E-state index in [0.717, 1.165) is 29.1 Å². The minimum atomic E-state index is 0.882. The molecule has 0 saturated carbocycles. The molecule has 8 aromatic carbocycles. The molecule has 10 aromatic rings. The fourth-order valence-electron chi connectivity index (χ4n) is 8.26. The lowest BCUT2D eigenvalue weighted by atomic mass is 9.93. The lowest BCUT2D eigenvalue weighted by molar-refractivity contribution is 1.04. The van der Waals surface area contributed by atoms with E-state index in [-0.39, 0.29) is 0 Å². The molecule has 0 aliphatic rings. The van der Waals surface area contributed by atoms with E-state index in [1.807, 2.05) is 11.3 Å². The fraction of sp³-hybridized carbons (Fsp3) is 0.0784. The van der Waals surface area contributed by atoms with Crippen LogP contribution in [0.5, 0.6) is 0 Å². The number of rotatable bonds is 7. The number of benzene rings is 8. The summed E-state index contributed by atoms with van der Waals surface area (Å²) >= 11 is 1.89. The number of fused-ring (bicyclic) bond motifs is 6. The number of nitrogens with zero attached hydrogens (tertiary/aromatic N) is 2. The Morgan fingerprint density at radius 2 is 1.13 bits per heavy atom. The maximum Gasteiger partial charge on any atom is 0.137 e. The van der Waals surface area contributed by atoms with Crippen LogP contribution in [0.15, 0.2) is 174 Å². The smallest absolute Gasteiger partial charge is 0.137 e. The van der Waals surface area contributed by atoms with Crippen molar-refractivity contribution in [1.82, 2.24) is 4.57 Å². The van der Waals surface area contributed by atoms with Crippen LogP contribution in [-0.4, -0.2) is 10.3 Å². The molecular weight excluding hydrogens is 673 g/mol. The number of aliphatic imine (C=N–C) groups is 1. The first-order valence-corrected chi connectivity index (χ1v) is 19.6. The summed E-state index contributed by atoms with van der Waals surface area (Å²) in [7, 11) is 0. The zero-order valence-electron chi connectivity index (χ0n) is 30.6. The molecule has 0 fully saturated rings. The first-order valence-electron chi connectivity index (χ1n) is 18.8. The molecule has 0 atom stereocenters. The van der Waals surface area contributed by atoms with Gasteiger partial charge in [-0.1, -0.05) is 128 Å². The highest BCUT2D eigenvalue weighted by molar-refractivity contribution is 7.25. The van der Waals surface area contributed by atoms with E-state index in [0.29, 0.717) is 0 Å². The average molecular weight is 711 g/mol. The van der Waals surface area contributed by atoms with Gasteiger partial charge >= 0.3 is 0 Å². The van der Waals surface area contributed by atoms with Crippen molar-refractivity contribution >= 4 is 92.0 Å². The maximum absolute atomic E-state index is 5.69. The van der Waals surface area contributed by atoms with Crippen LogP contribution >= 0.6 is 11.3 Å². The van der Waals surface area contributed by atoms with Crippen LogP contribution in [0.1, 0.15) is 38.3 Å². The van der Waals surface area contributed by atoms with E-state index in [1.165, 1.54) is 85.8 Å². The Labute approximate surface area is 319 Å². The molecule has 0 saturated heterocycles. The first-order chi connectivity index (χ1) is 26.6. The van der Waals surface area contributed by atoms with Gasteiger partial charge in [-0.25, -0.2) is 4.99 Å². The van der Waals surface area contributed by atoms with Crippen molar-refractivity contribution in [3.8, 4) is 11.1 Å². The summed E-state index contributed by atoms with van der Waals surface area (Å²) in [5.74, 6) is 0.977. The van der Waals surface area contributed by atoms with Crippen LogP contribution in [0.4, 0.5) is 0 Å². The number of aromatic nitrogens is 1. The molecule has 2 nitrogen and oxygen atoms in total. The monoisotopic (exact) mass is 710 g/mol. The van der Waals surface area contributed by atoms with Gasteiger partial charge in [-0.3, -0.25) is 4.57 Å². The quantitative estimate of drug-likeness (QED) is 0.116. The second-order valence-corrected chi connectivity index (χ2v) is 15.4. The summed E-state index contributed by atoms with van der Waals surface area (Å²) in [5, 5.41) is 10.5. The van der Waals surface area contributed by atoms with Crippen molar-refractivity contribution in [3.05, 3.63) is 181 Å². The van der Waals surface area contributed by atoms with Crippen LogP contribution < -0.4 is 0 Å². The van der Waals surface area contributed by atoms with E-state index in [4.69, 9.17) is 4.99 Å². The molecular formula is C51H38N2S. The minimum Gasteiger partial charge on any atom is -0.294 e. The normalized spacial score (nSPS) is 13.3. The Morgan fingerprint density at radius 1 is 0.537 bits per heavy atom. The molecule has 0 bridgehead atoms. The van der Waals surface area contributed by atoms with Crippen molar-refractivity contribution in [2.45, 2.75) is 27.2 Å². The van der Waals surface area contributed by atoms with Gasteiger partial charge in [0, 0.05) is 36.5 Å². The van der Waals surface area contributed by atoms with Crippen LogP contribution in [0.3, 0.4) is 0 Å². The molecule has 0 aliphatic heterocycles. The summed E-state index contributed by atoms with van der Waals surface area (Å²) < 4.78 is 5.10. The molecule has 0 aliphatic carbocycles. The Morgan fingerprint density at radius 3 is 1.85 bits per heavy atom. The zero-order valence-corrected chi connectivity index (χ0v) is 31.4. The number of thiophene rings is 1. The number of allylic oxidation sites excluding steroid dienone is 3. The molecule has 10 rings (SSSR count). The highest BCUT2D eigenvalue weighted by Crippen LogP contribution is 2.46. The Hall–Kier alpha value is -6.29. The SMILES string of the molecule is CC\C(C)=C(/N=C(\C=C(/C)c1cccc(-c2ccccc2)c1)c1ccccc1)n1c2cccc3c4cc5sc6ccccc6c5cc4c4cccc1c4c32. The van der Waals surface area contributed by atoms with Gasteiger partial charge < -0.3 is 0 Å². The van der Waals surface area contributed by atoms with Crippen molar-refractivity contribution in [2.24, 2.45) is 4.99 Å². The second kappa shape index (κ2) is 13.0. The minimum absolute atomic E-state index is 0.882. The van der Waals surface area contributed by atoms with Crippen LogP contribution in [-0.2, 0) is 0 Å². The average Bonchev–Trinajstić information content (AvgIpc) is 3.77. The third-order valence-electron chi connectivity index (χ3n) is 11.1. The summed E-state index contributed by atoms with van der Waals surface area (Å²) in [6.07, 6.45) is 3.14. The molecule has 0 amide bonds. The molecule has 258 valence electrons. The predicted molar refractivity (Wildman–Crippen MR) is 236 cm³/mol. The van der Waals surface area contributed by atoms with Crippen molar-refractivity contribution < 1.29 is 0 Å². The van der Waals surface area contributed by atoms with Crippen LogP contribution in [0.2, 0.25) is 0 Å². The van der Waals surface area contributed by atoms with Gasteiger partial charge in [0.05, 0.1) is 16.7 Å². The van der Waals surface area contributed by atoms with Crippen LogP contribution in [0.25, 0.3) is 86.0 Å². The molecule has 0 radical (unpaired) electrons. The van der Waals surface area contributed by atoms with Gasteiger partial charge in [0.15, 0.2) is 0 Å². The summed E-state index contributed by atoms with van der Waals surface area (Å²) in [4.78, 5) is 5.69. The maximum atomic E-state index is 5.69. The van der Waals surface area contributed by atoms with Gasteiger partial charge in [0.25, 0.3) is 0 Å². The number of hydrogen-bond donors (Lipinski definition) is 0. The van der Waals surface area contributed by atoms with Crippen LogP contribution in [0, 0.1) is 0 Å². The number of hydrogen-bond acceptors (Lipinski definition) is 2. The third kappa shape index (κ3) is 5.19. The summed E-state index contributed by atoms with van der Waals surface area (Å²) in [6, 6.07) is 57.3. The summed E-state index contributed by atoms with van der Waals surface area (Å²) in [5.41, 5.74) is 10.4. The Kier molecular flexibility index (Phi) is 7.78. The molecule has 0 N–H and O–H groups in total. The third-order valence-corrected chi connectivity index (χ3v) is 12.2. The molecule has 3 heteroatoms. The topological polar surface area (TPSA) is 17.3 Å². The predicted octanol–water partition coefficient (Wildman–Crippen LogP) is 14.8. The molecule has 54 heavy (non-hydrogen) atoms. The van der Waals surface area contributed by atoms with Crippen molar-refractivity contribution in [1.29, 1.82) is 0 Å². The highest BCUT2D eigenvalue weighted by Gasteiger charge is 2.22. The summed E-state index contributed by atoms with van der Waals surface area (Å²) in [6.45, 7) is 6.67. The fourth-order valence-corrected chi connectivity index (χ4v) is 9.39. The Balaban J connectivity index is 1.22. The molecule has 2 aromatic heterocycles. The van der Waals surface area contributed by atoms with E-state index in [9.17, 15) is 0 Å². The Bertz CT molecular complexity index is 3140. The van der Waals surface area contributed by atoms with Gasteiger partial charge in [0.1, 0.15) is 5.82 Å². The molecule has 0 unspecified atom stereocenters. The van der Waals surface area contributed by atoms with E-state index >= 15 is 0 Å². The van der Waals surface area contributed by atoms with Gasteiger partial charge in [0.2, 0.25) is 0 Å². The van der Waals surface area contributed by atoms with Gasteiger partial charge in [-0.2, -0.15) is 0 Å². The van der Waals surface area contributed by atoms with Gasteiger partial charge in [-0.05, 0) is 112 Å². The van der Waals surface area contributed by atoms with E-state index in [2.05, 4.69) is 189 Å². The largest absolute Gasteiger partial charge is 0.294 e.